The molecule has 6 nitrogen and oxygen atoms in total. The zero-order chi connectivity index (χ0) is 23.2. The molecule has 2 aromatic carbocycles. The van der Waals surface area contributed by atoms with Crippen LogP contribution in [0, 0.1) is 18.2 Å². The van der Waals surface area contributed by atoms with Crippen LogP contribution in [0.1, 0.15) is 18.4 Å². The normalized spacial score (nSPS) is 14.3. The van der Waals surface area contributed by atoms with Gasteiger partial charge in [0, 0.05) is 37.8 Å². The zero-order valence-electron chi connectivity index (χ0n) is 18.7. The van der Waals surface area contributed by atoms with Crippen molar-refractivity contribution in [3.8, 4) is 35.2 Å². The third kappa shape index (κ3) is 5.99. The standard InChI is InChI=1S/C26H28FN3O3/c1-3-14-32-18-22(31)16-30(21-12-13-21)17-24-25(19-8-5-4-6-9-19)28-29(2)26(24)33-23-11-7-10-20(27)15-23/h1,4-11,15,21-22,31H,12-14,16-18H2,2H3. The molecule has 0 saturated heterocycles. The van der Waals surface area contributed by atoms with Gasteiger partial charge >= 0.3 is 0 Å². The minimum absolute atomic E-state index is 0.173. The quantitative estimate of drug-likeness (QED) is 0.354. The van der Waals surface area contributed by atoms with Crippen LogP contribution in [0.15, 0.2) is 54.6 Å². The number of hydrogen-bond donors (Lipinski definition) is 1. The van der Waals surface area contributed by atoms with Crippen LogP contribution in [0.2, 0.25) is 0 Å². The highest BCUT2D eigenvalue weighted by atomic mass is 19.1. The van der Waals surface area contributed by atoms with Gasteiger partial charge in [-0.3, -0.25) is 4.90 Å². The van der Waals surface area contributed by atoms with Crippen LogP contribution in [0.5, 0.6) is 11.6 Å². The summed E-state index contributed by atoms with van der Waals surface area (Å²) in [5.41, 5.74) is 2.65. The molecule has 1 atom stereocenters. The number of rotatable bonds is 11. The molecule has 4 rings (SSSR count). The van der Waals surface area contributed by atoms with Gasteiger partial charge in [0.2, 0.25) is 5.88 Å². The first-order chi connectivity index (χ1) is 16.0. The van der Waals surface area contributed by atoms with Crippen molar-refractivity contribution < 1.29 is 19.0 Å². The van der Waals surface area contributed by atoms with E-state index in [9.17, 15) is 9.50 Å². The number of nitrogens with zero attached hydrogens (tertiary/aromatic N) is 3. The number of aromatic nitrogens is 2. The van der Waals surface area contributed by atoms with Gasteiger partial charge in [-0.05, 0) is 25.0 Å². The lowest BCUT2D eigenvalue weighted by atomic mass is 10.1. The summed E-state index contributed by atoms with van der Waals surface area (Å²) in [6.45, 7) is 1.32. The van der Waals surface area contributed by atoms with Crippen molar-refractivity contribution in [2.45, 2.75) is 31.5 Å². The van der Waals surface area contributed by atoms with E-state index in [1.54, 1.807) is 16.8 Å². The molecule has 1 aliphatic rings. The molecule has 0 amide bonds. The summed E-state index contributed by atoms with van der Waals surface area (Å²) >= 11 is 0. The summed E-state index contributed by atoms with van der Waals surface area (Å²) < 4.78 is 26.9. The Morgan fingerprint density at radius 3 is 2.73 bits per heavy atom. The lowest BCUT2D eigenvalue weighted by Crippen LogP contribution is -2.36. The van der Waals surface area contributed by atoms with E-state index < -0.39 is 6.10 Å². The third-order valence-electron chi connectivity index (χ3n) is 5.51. The summed E-state index contributed by atoms with van der Waals surface area (Å²) in [5, 5.41) is 15.2. The van der Waals surface area contributed by atoms with E-state index in [0.29, 0.717) is 30.8 Å². The summed E-state index contributed by atoms with van der Waals surface area (Å²) in [4.78, 5) is 2.23. The molecule has 1 heterocycles. The molecule has 0 aliphatic heterocycles. The number of halogens is 1. The largest absolute Gasteiger partial charge is 0.439 e. The fourth-order valence-corrected chi connectivity index (χ4v) is 3.86. The lowest BCUT2D eigenvalue weighted by molar-refractivity contribution is 0.0241. The van der Waals surface area contributed by atoms with Crippen LogP contribution in [0.3, 0.4) is 0 Å². The minimum atomic E-state index is -0.664. The van der Waals surface area contributed by atoms with Gasteiger partial charge in [0.05, 0.1) is 18.3 Å². The van der Waals surface area contributed by atoms with E-state index in [0.717, 1.165) is 29.7 Å². The summed E-state index contributed by atoms with van der Waals surface area (Å²) in [7, 11) is 1.81. The second-order valence-electron chi connectivity index (χ2n) is 8.22. The fraction of sp³-hybridized carbons (Fsp3) is 0.346. The van der Waals surface area contributed by atoms with E-state index in [4.69, 9.17) is 21.0 Å². The van der Waals surface area contributed by atoms with Gasteiger partial charge in [-0.25, -0.2) is 9.07 Å². The van der Waals surface area contributed by atoms with E-state index in [-0.39, 0.29) is 19.0 Å². The molecule has 172 valence electrons. The van der Waals surface area contributed by atoms with Crippen LogP contribution in [0.25, 0.3) is 11.3 Å². The Morgan fingerprint density at radius 1 is 1.24 bits per heavy atom. The molecule has 3 aromatic rings. The molecule has 1 aliphatic carbocycles. The second-order valence-corrected chi connectivity index (χ2v) is 8.22. The highest BCUT2D eigenvalue weighted by Crippen LogP contribution is 2.37. The number of terminal acetylenes is 1. The zero-order valence-corrected chi connectivity index (χ0v) is 18.7. The predicted octanol–water partition coefficient (Wildman–Crippen LogP) is 3.99. The minimum Gasteiger partial charge on any atom is -0.439 e. The van der Waals surface area contributed by atoms with Crippen LogP contribution >= 0.6 is 0 Å². The highest BCUT2D eigenvalue weighted by Gasteiger charge is 2.33. The van der Waals surface area contributed by atoms with Gasteiger partial charge in [0.15, 0.2) is 0 Å². The average Bonchev–Trinajstić information content (AvgIpc) is 3.61. The van der Waals surface area contributed by atoms with Gasteiger partial charge in [0.25, 0.3) is 0 Å². The number of ether oxygens (including phenoxy) is 2. The smallest absolute Gasteiger partial charge is 0.222 e. The number of hydrogen-bond acceptors (Lipinski definition) is 5. The van der Waals surface area contributed by atoms with Gasteiger partial charge in [-0.2, -0.15) is 5.10 Å². The van der Waals surface area contributed by atoms with Crippen molar-refractivity contribution >= 4 is 0 Å². The van der Waals surface area contributed by atoms with Crippen molar-refractivity contribution in [1.29, 1.82) is 0 Å². The van der Waals surface area contributed by atoms with E-state index in [2.05, 4.69) is 10.8 Å². The maximum atomic E-state index is 13.8. The maximum Gasteiger partial charge on any atom is 0.222 e. The number of benzene rings is 2. The van der Waals surface area contributed by atoms with Crippen molar-refractivity contribution in [2.75, 3.05) is 19.8 Å². The van der Waals surface area contributed by atoms with Crippen LogP contribution in [-0.2, 0) is 18.3 Å². The SMILES string of the molecule is C#CCOCC(O)CN(Cc1c(-c2ccccc2)nn(C)c1Oc1cccc(F)c1)C1CC1. The molecule has 1 aromatic heterocycles. The molecular formula is C26H28FN3O3. The maximum absolute atomic E-state index is 13.8. The van der Waals surface area contributed by atoms with Crippen molar-refractivity contribution in [3.63, 3.8) is 0 Å². The Hall–Kier alpha value is -3.18. The predicted molar refractivity (Wildman–Crippen MR) is 124 cm³/mol. The first-order valence-electron chi connectivity index (χ1n) is 11.0. The Labute approximate surface area is 193 Å². The summed E-state index contributed by atoms with van der Waals surface area (Å²) in [6, 6.07) is 16.3. The monoisotopic (exact) mass is 449 g/mol. The molecule has 0 bridgehead atoms. The molecule has 0 spiro atoms. The van der Waals surface area contributed by atoms with E-state index in [1.807, 2.05) is 37.4 Å². The van der Waals surface area contributed by atoms with Crippen LogP contribution in [0.4, 0.5) is 4.39 Å². The van der Waals surface area contributed by atoms with Gasteiger partial charge < -0.3 is 14.6 Å². The Bertz CT molecular complexity index is 1110. The van der Waals surface area contributed by atoms with Gasteiger partial charge in [0.1, 0.15) is 23.9 Å². The lowest BCUT2D eigenvalue weighted by Gasteiger charge is -2.25. The molecule has 1 saturated carbocycles. The van der Waals surface area contributed by atoms with Crippen LogP contribution < -0.4 is 4.74 Å². The Kier molecular flexibility index (Phi) is 7.40. The molecular weight excluding hydrogens is 421 g/mol. The molecule has 1 N–H and O–H groups in total. The highest BCUT2D eigenvalue weighted by molar-refractivity contribution is 5.65. The van der Waals surface area contributed by atoms with Gasteiger partial charge in [-0.1, -0.05) is 42.3 Å². The molecule has 33 heavy (non-hydrogen) atoms. The van der Waals surface area contributed by atoms with Crippen molar-refractivity contribution in [2.24, 2.45) is 7.05 Å². The Balaban J connectivity index is 1.64. The van der Waals surface area contributed by atoms with Crippen molar-refractivity contribution in [1.82, 2.24) is 14.7 Å². The number of aliphatic hydroxyl groups excluding tert-OH is 1. The fourth-order valence-electron chi connectivity index (χ4n) is 3.86. The second kappa shape index (κ2) is 10.6. The van der Waals surface area contributed by atoms with Gasteiger partial charge in [-0.15, -0.1) is 6.42 Å². The first kappa shape index (κ1) is 23.0. The third-order valence-corrected chi connectivity index (χ3v) is 5.51. The topological polar surface area (TPSA) is 59.8 Å². The number of aliphatic hydroxyl groups is 1. The van der Waals surface area contributed by atoms with Crippen molar-refractivity contribution in [3.05, 3.63) is 66.0 Å². The van der Waals surface area contributed by atoms with E-state index >= 15 is 0 Å². The van der Waals surface area contributed by atoms with Crippen LogP contribution in [-0.4, -0.2) is 51.7 Å². The molecule has 1 fully saturated rings. The molecule has 0 radical (unpaired) electrons. The average molecular weight is 450 g/mol. The summed E-state index contributed by atoms with van der Waals surface area (Å²) in [6.07, 6.45) is 6.70. The first-order valence-corrected chi connectivity index (χ1v) is 11.0. The summed E-state index contributed by atoms with van der Waals surface area (Å²) in [5.74, 6) is 2.99. The van der Waals surface area contributed by atoms with E-state index in [1.165, 1.54) is 12.1 Å². The molecule has 1 unspecified atom stereocenters. The number of aryl methyl sites for hydroxylation is 1. The Morgan fingerprint density at radius 2 is 2.03 bits per heavy atom. The molecule has 7 heteroatoms.